The van der Waals surface area contributed by atoms with Crippen molar-refractivity contribution >= 4 is 43.9 Å². The van der Waals surface area contributed by atoms with Crippen LogP contribution >= 0.6 is 11.3 Å². The number of hydrogen-bond donors (Lipinski definition) is 0. The van der Waals surface area contributed by atoms with Gasteiger partial charge in [0, 0.05) is 40.3 Å². The Bertz CT molecular complexity index is 1570. The van der Waals surface area contributed by atoms with Crippen molar-refractivity contribution < 1.29 is 0 Å². The average molecular weight is 452 g/mol. The Morgan fingerprint density at radius 2 is 1.91 bits per heavy atom. The molecule has 2 aromatic carbocycles. The van der Waals surface area contributed by atoms with Gasteiger partial charge >= 0.3 is 0 Å². The highest BCUT2D eigenvalue weighted by Gasteiger charge is 2.31. The SMILES string of the molecule is Cc1c(-c2csc3ccccc23)c(N2CC[C@H](N(C)C)C2)n2c(nc3ccccc32)c1C#N. The fourth-order valence-electron chi connectivity index (χ4n) is 5.26. The van der Waals surface area contributed by atoms with Crippen LogP contribution in [0, 0.1) is 18.3 Å². The molecule has 0 aliphatic carbocycles. The summed E-state index contributed by atoms with van der Waals surface area (Å²) in [5, 5.41) is 13.7. The van der Waals surface area contributed by atoms with Crippen molar-refractivity contribution in [2.45, 2.75) is 19.4 Å². The van der Waals surface area contributed by atoms with Gasteiger partial charge in [-0.1, -0.05) is 30.3 Å². The molecular weight excluding hydrogens is 426 g/mol. The number of pyridine rings is 1. The summed E-state index contributed by atoms with van der Waals surface area (Å²) in [7, 11) is 4.32. The van der Waals surface area contributed by atoms with Crippen molar-refractivity contribution in [3.8, 4) is 17.2 Å². The van der Waals surface area contributed by atoms with E-state index in [1.807, 2.05) is 12.1 Å². The number of likely N-dealkylation sites (N-methyl/N-ethyl adjacent to an activating group) is 1. The number of thiophene rings is 1. The molecule has 0 amide bonds. The number of imidazole rings is 1. The van der Waals surface area contributed by atoms with Gasteiger partial charge in [0.15, 0.2) is 5.65 Å². The summed E-state index contributed by atoms with van der Waals surface area (Å²) >= 11 is 1.76. The van der Waals surface area contributed by atoms with Crippen LogP contribution in [0.25, 0.3) is 37.9 Å². The van der Waals surface area contributed by atoms with Gasteiger partial charge in [-0.05, 0) is 56.6 Å². The van der Waals surface area contributed by atoms with E-state index in [0.29, 0.717) is 11.6 Å². The first kappa shape index (κ1) is 20.2. The highest BCUT2D eigenvalue weighted by atomic mass is 32.1. The second kappa shape index (κ2) is 7.58. The molecule has 3 aromatic heterocycles. The van der Waals surface area contributed by atoms with Gasteiger partial charge in [0.25, 0.3) is 0 Å². The van der Waals surface area contributed by atoms with Crippen LogP contribution < -0.4 is 4.90 Å². The molecule has 5 nitrogen and oxygen atoms in total. The third kappa shape index (κ3) is 2.97. The molecule has 1 aliphatic rings. The molecule has 1 atom stereocenters. The Hall–Kier alpha value is -3.40. The lowest BCUT2D eigenvalue weighted by atomic mass is 9.96. The minimum absolute atomic E-state index is 0.498. The number of hydrogen-bond acceptors (Lipinski definition) is 5. The lowest BCUT2D eigenvalue weighted by Gasteiger charge is -2.27. The number of nitriles is 1. The smallest absolute Gasteiger partial charge is 0.157 e. The van der Waals surface area contributed by atoms with Gasteiger partial charge in [0.1, 0.15) is 11.9 Å². The lowest BCUT2D eigenvalue weighted by Crippen LogP contribution is -2.32. The van der Waals surface area contributed by atoms with Gasteiger partial charge < -0.3 is 9.80 Å². The highest BCUT2D eigenvalue weighted by molar-refractivity contribution is 7.17. The second-order valence-electron chi connectivity index (χ2n) is 9.07. The zero-order valence-electron chi connectivity index (χ0n) is 19.0. The fourth-order valence-corrected chi connectivity index (χ4v) is 6.21. The molecule has 6 heteroatoms. The lowest BCUT2D eigenvalue weighted by molar-refractivity contribution is 0.315. The molecule has 0 radical (unpaired) electrons. The van der Waals surface area contributed by atoms with Crippen LogP contribution in [-0.4, -0.2) is 47.5 Å². The molecule has 0 saturated carbocycles. The molecule has 1 fully saturated rings. The maximum absolute atomic E-state index is 10.2. The van der Waals surface area contributed by atoms with Gasteiger partial charge in [-0.3, -0.25) is 4.40 Å². The predicted molar refractivity (Wildman–Crippen MR) is 137 cm³/mol. The van der Waals surface area contributed by atoms with Crippen molar-refractivity contribution in [2.75, 3.05) is 32.1 Å². The van der Waals surface area contributed by atoms with Crippen molar-refractivity contribution in [1.82, 2.24) is 14.3 Å². The number of anilines is 1. The molecule has 1 saturated heterocycles. The van der Waals surface area contributed by atoms with E-state index in [0.717, 1.165) is 53.1 Å². The number of rotatable bonds is 3. The molecule has 5 aromatic rings. The van der Waals surface area contributed by atoms with Crippen LogP contribution in [0.3, 0.4) is 0 Å². The average Bonchev–Trinajstić information content (AvgIpc) is 3.55. The first-order chi connectivity index (χ1) is 16.1. The largest absolute Gasteiger partial charge is 0.356 e. The van der Waals surface area contributed by atoms with Crippen LogP contribution in [0.1, 0.15) is 17.5 Å². The zero-order chi connectivity index (χ0) is 22.7. The number of fused-ring (bicyclic) bond motifs is 4. The van der Waals surface area contributed by atoms with Gasteiger partial charge in [-0.2, -0.15) is 5.26 Å². The second-order valence-corrected chi connectivity index (χ2v) is 9.98. The van der Waals surface area contributed by atoms with Gasteiger partial charge in [0.2, 0.25) is 0 Å². The molecule has 0 spiro atoms. The molecule has 0 unspecified atom stereocenters. The highest BCUT2D eigenvalue weighted by Crippen LogP contribution is 2.44. The summed E-state index contributed by atoms with van der Waals surface area (Å²) in [5.74, 6) is 1.16. The Balaban J connectivity index is 1.76. The molecule has 4 heterocycles. The van der Waals surface area contributed by atoms with E-state index in [-0.39, 0.29) is 0 Å². The van der Waals surface area contributed by atoms with E-state index in [9.17, 15) is 5.26 Å². The number of aromatic nitrogens is 2. The number of benzene rings is 2. The minimum Gasteiger partial charge on any atom is -0.356 e. The van der Waals surface area contributed by atoms with E-state index >= 15 is 0 Å². The topological polar surface area (TPSA) is 47.6 Å². The normalized spacial score (nSPS) is 16.5. The van der Waals surface area contributed by atoms with Crippen molar-refractivity contribution in [2.24, 2.45) is 0 Å². The summed E-state index contributed by atoms with van der Waals surface area (Å²) in [5.41, 5.74) is 6.74. The molecule has 164 valence electrons. The molecule has 6 rings (SSSR count). The van der Waals surface area contributed by atoms with Crippen LogP contribution in [0.15, 0.2) is 53.9 Å². The summed E-state index contributed by atoms with van der Waals surface area (Å²) in [6.07, 6.45) is 1.12. The Labute approximate surface area is 197 Å². The van der Waals surface area contributed by atoms with E-state index in [4.69, 9.17) is 4.98 Å². The third-order valence-electron chi connectivity index (χ3n) is 7.03. The molecule has 1 aliphatic heterocycles. The van der Waals surface area contributed by atoms with Crippen LogP contribution in [-0.2, 0) is 0 Å². The van der Waals surface area contributed by atoms with Crippen molar-refractivity contribution in [1.29, 1.82) is 5.26 Å². The van der Waals surface area contributed by atoms with E-state index < -0.39 is 0 Å². The molecule has 33 heavy (non-hydrogen) atoms. The Morgan fingerprint density at radius 1 is 1.12 bits per heavy atom. The fraction of sp³-hybridized carbons (Fsp3) is 0.259. The number of nitrogens with zero attached hydrogens (tertiary/aromatic N) is 5. The number of para-hydroxylation sites is 2. The monoisotopic (exact) mass is 451 g/mol. The van der Waals surface area contributed by atoms with E-state index in [2.05, 4.69) is 83.1 Å². The summed E-state index contributed by atoms with van der Waals surface area (Å²) in [4.78, 5) is 9.74. The summed E-state index contributed by atoms with van der Waals surface area (Å²) < 4.78 is 3.50. The van der Waals surface area contributed by atoms with Crippen LogP contribution in [0.5, 0.6) is 0 Å². The Kier molecular flexibility index (Phi) is 4.65. The summed E-state index contributed by atoms with van der Waals surface area (Å²) in [6, 6.07) is 19.8. The Morgan fingerprint density at radius 3 is 2.70 bits per heavy atom. The van der Waals surface area contributed by atoms with Crippen LogP contribution in [0.2, 0.25) is 0 Å². The van der Waals surface area contributed by atoms with Gasteiger partial charge in [0.05, 0.1) is 16.6 Å². The van der Waals surface area contributed by atoms with Crippen LogP contribution in [0.4, 0.5) is 5.82 Å². The molecular formula is C27H25N5S. The first-order valence-corrected chi connectivity index (χ1v) is 12.2. The third-order valence-corrected chi connectivity index (χ3v) is 7.99. The summed E-state index contributed by atoms with van der Waals surface area (Å²) in [6.45, 7) is 4.02. The van der Waals surface area contributed by atoms with Crippen molar-refractivity contribution in [3.63, 3.8) is 0 Å². The van der Waals surface area contributed by atoms with Gasteiger partial charge in [-0.25, -0.2) is 4.98 Å². The zero-order valence-corrected chi connectivity index (χ0v) is 19.9. The van der Waals surface area contributed by atoms with E-state index in [1.165, 1.54) is 15.6 Å². The maximum Gasteiger partial charge on any atom is 0.157 e. The quantitative estimate of drug-likeness (QED) is 0.354. The molecule has 0 N–H and O–H groups in total. The van der Waals surface area contributed by atoms with E-state index in [1.54, 1.807) is 11.3 Å². The van der Waals surface area contributed by atoms with Gasteiger partial charge in [-0.15, -0.1) is 11.3 Å². The standard InChI is InChI=1S/C27H25N5S/c1-17-20(14-28)26-29-22-9-5-6-10-23(22)32(26)27(31-13-12-18(15-31)30(2)3)25(17)21-16-33-24-11-7-4-8-19(21)24/h4-11,16,18H,12-13,15H2,1-3H3/t18-/m0/s1. The van der Waals surface area contributed by atoms with Crippen molar-refractivity contribution in [3.05, 3.63) is 65.0 Å². The predicted octanol–water partition coefficient (Wildman–Crippen LogP) is 5.69. The maximum atomic E-state index is 10.2. The minimum atomic E-state index is 0.498. The molecule has 0 bridgehead atoms. The first-order valence-electron chi connectivity index (χ1n) is 11.3.